The van der Waals surface area contributed by atoms with Crippen LogP contribution in [-0.2, 0) is 45.6 Å². The molecule has 2 aliphatic carbocycles. The summed E-state index contributed by atoms with van der Waals surface area (Å²) in [5.41, 5.74) is 15.7. The summed E-state index contributed by atoms with van der Waals surface area (Å²) >= 11 is 0. The Hall–Kier alpha value is -4.59. The summed E-state index contributed by atoms with van der Waals surface area (Å²) in [7, 11) is 1.81. The molecule has 7 rings (SSSR count). The van der Waals surface area contributed by atoms with Gasteiger partial charge in [-0.15, -0.1) is 0 Å². The summed E-state index contributed by atoms with van der Waals surface area (Å²) < 4.78 is 55.8. The first-order valence-corrected chi connectivity index (χ1v) is 21.3. The van der Waals surface area contributed by atoms with Gasteiger partial charge in [-0.25, -0.2) is 17.6 Å². The summed E-state index contributed by atoms with van der Waals surface area (Å²) in [5.74, 6) is -2.50. The minimum atomic E-state index is -0.795. The zero-order chi connectivity index (χ0) is 42.8. The third kappa shape index (κ3) is 12.5. The smallest absolute Gasteiger partial charge is 0.126 e. The highest BCUT2D eigenvalue weighted by Gasteiger charge is 2.26. The molecule has 0 bridgehead atoms. The number of hydrogen-bond donors (Lipinski definition) is 6. The molecule has 0 saturated heterocycles. The maximum Gasteiger partial charge on any atom is 0.126 e. The van der Waals surface area contributed by atoms with Crippen molar-refractivity contribution in [3.8, 4) is 0 Å². The monoisotopic (exact) mass is 828 g/mol. The second kappa shape index (κ2) is 21.3. The molecule has 12 heteroatoms. The molecule has 0 unspecified atom stereocenters. The fourth-order valence-corrected chi connectivity index (χ4v) is 8.49. The van der Waals surface area contributed by atoms with Gasteiger partial charge in [0.25, 0.3) is 0 Å². The summed E-state index contributed by atoms with van der Waals surface area (Å²) in [4.78, 5) is 0. The van der Waals surface area contributed by atoms with Gasteiger partial charge in [-0.3, -0.25) is 4.68 Å². The van der Waals surface area contributed by atoms with Crippen molar-refractivity contribution in [3.05, 3.63) is 153 Å². The number of halogens is 4. The number of aliphatic hydroxyl groups is 2. The number of anilines is 1. The van der Waals surface area contributed by atoms with Crippen LogP contribution in [0.5, 0.6) is 0 Å². The number of benzene rings is 4. The molecule has 322 valence electrons. The standard InChI is InChI=1S/C26H32F2N4O.C22H28F2N2O/c1-3-17-7-8-19-5-4-6-24(23(19)11-17)29-15-26(33)25(31-22-14-30-32(2)16-22)12-18-9-20(27)13-21(28)10-18;1-2-14-6-7-16-4-3-5-21(19(16)10-14)26-13-22(27)20(25)11-15-8-17(23)12-18(24)9-15/h7-11,13-14,16,24-26,29,31,33H,3-6,12,15H2,1-2H3;6-10,12,20-22,26-27H,2-5,11,13,25H2,1H3/t24-,25-,26+;20-,21-,22+/m00/s1. The van der Waals surface area contributed by atoms with Crippen molar-refractivity contribution in [2.45, 2.75) is 114 Å². The van der Waals surface area contributed by atoms with E-state index in [-0.39, 0.29) is 24.9 Å². The fourth-order valence-electron chi connectivity index (χ4n) is 8.49. The van der Waals surface area contributed by atoms with Crippen LogP contribution >= 0.6 is 0 Å². The summed E-state index contributed by atoms with van der Waals surface area (Å²) in [6, 6.07) is 19.5. The molecule has 0 radical (unpaired) electrons. The predicted molar refractivity (Wildman–Crippen MR) is 230 cm³/mol. The first-order chi connectivity index (χ1) is 28.9. The molecular formula is C48H60F4N6O2. The SMILES string of the molecule is CCc1ccc2c(c1)[C@@H](NC[C@@H](O)[C@@H](N)Cc1cc(F)cc(F)c1)CCC2.CCc1ccc2c(c1)[C@@H](NC[C@@H](O)[C@H](Cc1cc(F)cc(F)c1)Nc1cnn(C)c1)CCC2. The minimum absolute atomic E-state index is 0.181. The predicted octanol–water partition coefficient (Wildman–Crippen LogP) is 7.74. The van der Waals surface area contributed by atoms with E-state index in [0.717, 1.165) is 69.2 Å². The Labute approximate surface area is 351 Å². The Bertz CT molecular complexity index is 2120. The summed E-state index contributed by atoms with van der Waals surface area (Å²) in [5, 5.41) is 36.0. The molecule has 0 amide bonds. The molecule has 0 saturated carbocycles. The van der Waals surface area contributed by atoms with E-state index in [9.17, 15) is 27.8 Å². The molecule has 0 aliphatic heterocycles. The maximum absolute atomic E-state index is 13.8. The highest BCUT2D eigenvalue weighted by molar-refractivity contribution is 5.41. The first-order valence-electron chi connectivity index (χ1n) is 21.3. The van der Waals surface area contributed by atoms with Gasteiger partial charge in [0.2, 0.25) is 0 Å². The molecule has 7 N–H and O–H groups in total. The molecule has 0 spiro atoms. The number of nitrogens with one attached hydrogen (secondary N) is 3. The molecule has 1 heterocycles. The van der Waals surface area contributed by atoms with Crippen LogP contribution in [0, 0.1) is 23.3 Å². The number of hydrogen-bond acceptors (Lipinski definition) is 7. The van der Waals surface area contributed by atoms with Crippen molar-refractivity contribution in [1.29, 1.82) is 0 Å². The molecule has 8 nitrogen and oxygen atoms in total. The van der Waals surface area contributed by atoms with Crippen molar-refractivity contribution < 1.29 is 27.8 Å². The zero-order valence-corrected chi connectivity index (χ0v) is 34.9. The lowest BCUT2D eigenvalue weighted by Crippen LogP contribution is -2.44. The Balaban J connectivity index is 0.000000205. The number of nitrogens with zero attached hydrogens (tertiary/aromatic N) is 2. The molecule has 6 atom stereocenters. The Morgan fingerprint density at radius 2 is 1.17 bits per heavy atom. The van der Waals surface area contributed by atoms with Gasteiger partial charge in [0.15, 0.2) is 0 Å². The van der Waals surface area contributed by atoms with Gasteiger partial charge in [-0.1, -0.05) is 50.2 Å². The Kier molecular flexibility index (Phi) is 15.9. The van der Waals surface area contributed by atoms with E-state index in [4.69, 9.17) is 5.73 Å². The van der Waals surface area contributed by atoms with Gasteiger partial charge < -0.3 is 31.9 Å². The van der Waals surface area contributed by atoms with Crippen LogP contribution in [0.3, 0.4) is 0 Å². The topological polar surface area (TPSA) is 120 Å². The van der Waals surface area contributed by atoms with E-state index in [1.54, 1.807) is 10.9 Å². The second-order valence-electron chi connectivity index (χ2n) is 16.4. The third-order valence-electron chi connectivity index (χ3n) is 11.8. The van der Waals surface area contributed by atoms with Crippen molar-refractivity contribution >= 4 is 5.69 Å². The van der Waals surface area contributed by atoms with E-state index >= 15 is 0 Å². The van der Waals surface area contributed by atoms with E-state index in [2.05, 4.69) is 71.3 Å². The van der Waals surface area contributed by atoms with Crippen LogP contribution in [0.15, 0.2) is 85.2 Å². The van der Waals surface area contributed by atoms with Crippen molar-refractivity contribution in [2.24, 2.45) is 12.8 Å². The lowest BCUT2D eigenvalue weighted by Gasteiger charge is -2.30. The zero-order valence-electron chi connectivity index (χ0n) is 34.9. The first kappa shape index (κ1) is 44.9. The quantitative estimate of drug-likeness (QED) is 0.0564. The molecule has 0 fully saturated rings. The van der Waals surface area contributed by atoms with Crippen LogP contribution in [0.1, 0.15) is 96.1 Å². The van der Waals surface area contributed by atoms with Crippen LogP contribution in [0.2, 0.25) is 0 Å². The number of aryl methyl sites for hydroxylation is 5. The van der Waals surface area contributed by atoms with E-state index in [1.807, 2.05) is 13.2 Å². The normalized spacial score (nSPS) is 18.0. The van der Waals surface area contributed by atoms with Crippen LogP contribution in [0.4, 0.5) is 23.2 Å². The highest BCUT2D eigenvalue weighted by atomic mass is 19.1. The number of aliphatic hydroxyl groups excluding tert-OH is 2. The van der Waals surface area contributed by atoms with E-state index < -0.39 is 47.6 Å². The molecule has 4 aromatic carbocycles. The number of nitrogens with two attached hydrogens (primary N) is 1. The second-order valence-corrected chi connectivity index (χ2v) is 16.4. The lowest BCUT2D eigenvalue weighted by atomic mass is 9.86. The molecule has 1 aromatic heterocycles. The van der Waals surface area contributed by atoms with Crippen molar-refractivity contribution in [3.63, 3.8) is 0 Å². The van der Waals surface area contributed by atoms with Crippen LogP contribution in [-0.4, -0.2) is 57.4 Å². The molecule has 5 aromatic rings. The number of fused-ring (bicyclic) bond motifs is 2. The number of aromatic nitrogens is 2. The molecule has 2 aliphatic rings. The average Bonchev–Trinajstić information content (AvgIpc) is 3.64. The third-order valence-corrected chi connectivity index (χ3v) is 11.8. The largest absolute Gasteiger partial charge is 0.390 e. The average molecular weight is 829 g/mol. The van der Waals surface area contributed by atoms with Gasteiger partial charge in [0.05, 0.1) is 30.1 Å². The summed E-state index contributed by atoms with van der Waals surface area (Å²) in [6.45, 7) is 5.00. The van der Waals surface area contributed by atoms with E-state index in [0.29, 0.717) is 24.2 Å². The van der Waals surface area contributed by atoms with Gasteiger partial charge >= 0.3 is 0 Å². The van der Waals surface area contributed by atoms with Crippen molar-refractivity contribution in [1.82, 2.24) is 20.4 Å². The maximum atomic E-state index is 13.8. The molecular weight excluding hydrogens is 769 g/mol. The van der Waals surface area contributed by atoms with Crippen LogP contribution < -0.4 is 21.7 Å². The highest BCUT2D eigenvalue weighted by Crippen LogP contribution is 2.32. The van der Waals surface area contributed by atoms with Crippen LogP contribution in [0.25, 0.3) is 0 Å². The van der Waals surface area contributed by atoms with Gasteiger partial charge in [-0.2, -0.15) is 5.10 Å². The Morgan fingerprint density at radius 3 is 1.63 bits per heavy atom. The van der Waals surface area contributed by atoms with Crippen molar-refractivity contribution in [2.75, 3.05) is 18.4 Å². The van der Waals surface area contributed by atoms with Gasteiger partial charge in [0, 0.05) is 56.6 Å². The van der Waals surface area contributed by atoms with Gasteiger partial charge in [0.1, 0.15) is 23.3 Å². The lowest BCUT2D eigenvalue weighted by molar-refractivity contribution is 0.136. The fraction of sp³-hybridized carbons (Fsp3) is 0.438. The molecule has 60 heavy (non-hydrogen) atoms. The summed E-state index contributed by atoms with van der Waals surface area (Å²) in [6.07, 6.45) is 10.8. The minimum Gasteiger partial charge on any atom is -0.390 e. The number of rotatable bonds is 16. The van der Waals surface area contributed by atoms with Gasteiger partial charge in [-0.05, 0) is 133 Å². The van der Waals surface area contributed by atoms with E-state index in [1.165, 1.54) is 57.6 Å². The Morgan fingerprint density at radius 1 is 0.683 bits per heavy atom.